The van der Waals surface area contributed by atoms with E-state index in [9.17, 15) is 5.11 Å². The molecule has 1 saturated carbocycles. The summed E-state index contributed by atoms with van der Waals surface area (Å²) >= 11 is 0. The first-order chi connectivity index (χ1) is 8.33. The van der Waals surface area contributed by atoms with Crippen LogP contribution in [-0.4, -0.2) is 28.6 Å². The Hall–Kier alpha value is -0.800. The van der Waals surface area contributed by atoms with Crippen LogP contribution in [0, 0.1) is 0 Å². The van der Waals surface area contributed by atoms with Crippen LogP contribution in [0.25, 0.3) is 0 Å². The Morgan fingerprint density at radius 3 is 2.47 bits per heavy atom. The van der Waals surface area contributed by atoms with Gasteiger partial charge in [-0.15, -0.1) is 0 Å². The van der Waals surface area contributed by atoms with Gasteiger partial charge in [0.25, 0.3) is 0 Å². The molecule has 1 unspecified atom stereocenters. The van der Waals surface area contributed by atoms with Crippen LogP contribution in [-0.2, 0) is 0 Å². The second-order valence-corrected chi connectivity index (χ2v) is 5.42. The third kappa shape index (κ3) is 1.81. The zero-order valence-electron chi connectivity index (χ0n) is 10.3. The molecule has 1 aromatic rings. The van der Waals surface area contributed by atoms with E-state index in [1.54, 1.807) is 6.26 Å². The summed E-state index contributed by atoms with van der Waals surface area (Å²) in [5, 5.41) is 10.7. The van der Waals surface area contributed by atoms with Crippen LogP contribution < -0.4 is 0 Å². The molecule has 0 bridgehead atoms. The number of nitrogens with zero attached hydrogens (tertiary/aromatic N) is 1. The van der Waals surface area contributed by atoms with E-state index >= 15 is 0 Å². The van der Waals surface area contributed by atoms with E-state index in [0.29, 0.717) is 0 Å². The van der Waals surface area contributed by atoms with Gasteiger partial charge in [0.2, 0.25) is 0 Å². The SMILES string of the molecule is OC(c1ccco1)C1(N2CCCC2)CCCC1. The van der Waals surface area contributed by atoms with Crippen molar-refractivity contribution >= 4 is 0 Å². The first-order valence-electron chi connectivity index (χ1n) is 6.79. The first kappa shape index (κ1) is 11.3. The molecule has 1 saturated heterocycles. The molecule has 2 aliphatic rings. The molecule has 0 radical (unpaired) electrons. The van der Waals surface area contributed by atoms with Crippen LogP contribution in [0.2, 0.25) is 0 Å². The quantitative estimate of drug-likeness (QED) is 0.875. The summed E-state index contributed by atoms with van der Waals surface area (Å²) in [5.41, 5.74) is -0.0473. The summed E-state index contributed by atoms with van der Waals surface area (Å²) in [6.45, 7) is 2.27. The molecule has 0 aromatic carbocycles. The molecule has 0 spiro atoms. The zero-order chi connectivity index (χ0) is 11.7. The molecule has 17 heavy (non-hydrogen) atoms. The molecule has 94 valence electrons. The molecule has 0 amide bonds. The lowest BCUT2D eigenvalue weighted by atomic mass is 9.87. The van der Waals surface area contributed by atoms with Gasteiger partial charge >= 0.3 is 0 Å². The van der Waals surface area contributed by atoms with Gasteiger partial charge in [-0.3, -0.25) is 4.90 Å². The fourth-order valence-electron chi connectivity index (χ4n) is 3.62. The molecular weight excluding hydrogens is 214 g/mol. The van der Waals surface area contributed by atoms with Gasteiger partial charge in [0.1, 0.15) is 11.9 Å². The lowest BCUT2D eigenvalue weighted by Gasteiger charge is -2.41. The number of hydrogen-bond donors (Lipinski definition) is 1. The van der Waals surface area contributed by atoms with Crippen molar-refractivity contribution in [2.45, 2.75) is 50.2 Å². The van der Waals surface area contributed by atoms with Crippen molar-refractivity contribution in [1.82, 2.24) is 4.90 Å². The lowest BCUT2D eigenvalue weighted by molar-refractivity contribution is -0.0307. The van der Waals surface area contributed by atoms with Crippen molar-refractivity contribution in [1.29, 1.82) is 0 Å². The topological polar surface area (TPSA) is 36.6 Å². The highest BCUT2D eigenvalue weighted by atomic mass is 16.4. The second kappa shape index (κ2) is 4.46. The average Bonchev–Trinajstić information content (AvgIpc) is 3.10. The third-order valence-electron chi connectivity index (χ3n) is 4.53. The summed E-state index contributed by atoms with van der Waals surface area (Å²) in [6.07, 6.45) is 8.41. The molecular formula is C14H21NO2. The van der Waals surface area contributed by atoms with Gasteiger partial charge in [0.15, 0.2) is 0 Å². The Morgan fingerprint density at radius 2 is 1.88 bits per heavy atom. The highest BCUT2D eigenvalue weighted by Crippen LogP contribution is 2.45. The summed E-state index contributed by atoms with van der Waals surface area (Å²) in [6, 6.07) is 3.77. The van der Waals surface area contributed by atoms with E-state index < -0.39 is 6.10 Å². The van der Waals surface area contributed by atoms with Crippen molar-refractivity contribution in [2.24, 2.45) is 0 Å². The monoisotopic (exact) mass is 235 g/mol. The maximum Gasteiger partial charge on any atom is 0.134 e. The number of aliphatic hydroxyl groups is 1. The van der Waals surface area contributed by atoms with Gasteiger partial charge in [0, 0.05) is 0 Å². The van der Waals surface area contributed by atoms with Crippen molar-refractivity contribution < 1.29 is 9.52 Å². The molecule has 3 heteroatoms. The van der Waals surface area contributed by atoms with E-state index in [4.69, 9.17) is 4.42 Å². The molecule has 1 aromatic heterocycles. The normalized spacial score (nSPS) is 26.4. The van der Waals surface area contributed by atoms with E-state index in [0.717, 1.165) is 31.7 Å². The number of aliphatic hydroxyl groups excluding tert-OH is 1. The Kier molecular flexibility index (Phi) is 2.97. The van der Waals surface area contributed by atoms with Gasteiger partial charge in [-0.1, -0.05) is 12.8 Å². The second-order valence-electron chi connectivity index (χ2n) is 5.42. The van der Waals surface area contributed by atoms with Crippen LogP contribution in [0.5, 0.6) is 0 Å². The van der Waals surface area contributed by atoms with Crippen molar-refractivity contribution in [3.05, 3.63) is 24.2 Å². The first-order valence-corrected chi connectivity index (χ1v) is 6.79. The van der Waals surface area contributed by atoms with Crippen molar-refractivity contribution in [2.75, 3.05) is 13.1 Å². The Morgan fingerprint density at radius 1 is 1.18 bits per heavy atom. The van der Waals surface area contributed by atoms with E-state index in [2.05, 4.69) is 4.90 Å². The maximum absolute atomic E-state index is 10.7. The number of furan rings is 1. The summed E-state index contributed by atoms with van der Waals surface area (Å²) in [7, 11) is 0. The number of likely N-dealkylation sites (tertiary alicyclic amines) is 1. The molecule has 3 nitrogen and oxygen atoms in total. The van der Waals surface area contributed by atoms with Crippen LogP contribution in [0.1, 0.15) is 50.4 Å². The minimum Gasteiger partial charge on any atom is -0.467 e. The Labute approximate surface area is 102 Å². The van der Waals surface area contributed by atoms with Gasteiger partial charge in [-0.25, -0.2) is 0 Å². The van der Waals surface area contributed by atoms with Gasteiger partial charge in [-0.05, 0) is 50.9 Å². The largest absolute Gasteiger partial charge is 0.467 e. The number of rotatable bonds is 3. The fraction of sp³-hybridized carbons (Fsp3) is 0.714. The molecule has 1 atom stereocenters. The standard InChI is InChI=1S/C14H21NO2/c16-13(12-6-5-11-17-12)14(7-1-2-8-14)15-9-3-4-10-15/h5-6,11,13,16H,1-4,7-10H2. The fourth-order valence-corrected chi connectivity index (χ4v) is 3.62. The van der Waals surface area contributed by atoms with Gasteiger partial charge in [-0.2, -0.15) is 0 Å². The van der Waals surface area contributed by atoms with E-state index in [1.807, 2.05) is 12.1 Å². The Bertz CT molecular complexity index is 348. The van der Waals surface area contributed by atoms with E-state index in [1.165, 1.54) is 25.7 Å². The minimum absolute atomic E-state index is 0.0473. The molecule has 1 N–H and O–H groups in total. The lowest BCUT2D eigenvalue weighted by Crippen LogP contribution is -2.49. The molecule has 2 fully saturated rings. The number of hydrogen-bond acceptors (Lipinski definition) is 3. The van der Waals surface area contributed by atoms with Crippen LogP contribution in [0.3, 0.4) is 0 Å². The van der Waals surface area contributed by atoms with E-state index in [-0.39, 0.29) is 5.54 Å². The predicted octanol–water partition coefficient (Wildman–Crippen LogP) is 2.72. The van der Waals surface area contributed by atoms with Crippen LogP contribution in [0.4, 0.5) is 0 Å². The van der Waals surface area contributed by atoms with Crippen molar-refractivity contribution in [3.63, 3.8) is 0 Å². The molecule has 1 aliphatic carbocycles. The van der Waals surface area contributed by atoms with Gasteiger partial charge < -0.3 is 9.52 Å². The molecule has 3 rings (SSSR count). The highest BCUT2D eigenvalue weighted by Gasteiger charge is 2.47. The summed E-state index contributed by atoms with van der Waals surface area (Å²) in [5.74, 6) is 0.735. The average molecular weight is 235 g/mol. The maximum atomic E-state index is 10.7. The summed E-state index contributed by atoms with van der Waals surface area (Å²) < 4.78 is 5.42. The minimum atomic E-state index is -0.460. The highest BCUT2D eigenvalue weighted by molar-refractivity contribution is 5.13. The third-order valence-corrected chi connectivity index (χ3v) is 4.53. The molecule has 2 heterocycles. The van der Waals surface area contributed by atoms with Crippen LogP contribution in [0.15, 0.2) is 22.8 Å². The van der Waals surface area contributed by atoms with Gasteiger partial charge in [0.05, 0.1) is 11.8 Å². The Balaban J connectivity index is 1.88. The zero-order valence-corrected chi connectivity index (χ0v) is 10.3. The van der Waals surface area contributed by atoms with Crippen molar-refractivity contribution in [3.8, 4) is 0 Å². The smallest absolute Gasteiger partial charge is 0.134 e. The summed E-state index contributed by atoms with van der Waals surface area (Å²) in [4.78, 5) is 2.51. The predicted molar refractivity (Wildman–Crippen MR) is 65.7 cm³/mol. The molecule has 1 aliphatic heterocycles. The van der Waals surface area contributed by atoms with Crippen LogP contribution >= 0.6 is 0 Å².